The molecule has 0 atom stereocenters. The Morgan fingerprint density at radius 3 is 2.75 bits per heavy atom. The molecule has 0 fully saturated rings. The Labute approximate surface area is 163 Å². The van der Waals surface area contributed by atoms with E-state index in [0.29, 0.717) is 17.5 Å². The first-order valence-electron chi connectivity index (χ1n) is 8.77. The van der Waals surface area contributed by atoms with Gasteiger partial charge in [-0.25, -0.2) is 9.18 Å². The summed E-state index contributed by atoms with van der Waals surface area (Å²) in [5.74, 6) is -2.47. The third-order valence-electron chi connectivity index (χ3n) is 4.98. The summed E-state index contributed by atoms with van der Waals surface area (Å²) in [7, 11) is 0. The highest BCUT2D eigenvalue weighted by Gasteiger charge is 2.36. The van der Waals surface area contributed by atoms with Crippen LogP contribution in [-0.2, 0) is 24.2 Å². The number of fused-ring (bicyclic) bond motifs is 3. The van der Waals surface area contributed by atoms with Gasteiger partial charge in [-0.1, -0.05) is 17.7 Å². The molecular weight excluding hydrogens is 391 g/mol. The molecule has 1 aromatic carbocycles. The third-order valence-corrected chi connectivity index (χ3v) is 5.27. The van der Waals surface area contributed by atoms with Crippen molar-refractivity contribution in [1.82, 2.24) is 9.47 Å². The van der Waals surface area contributed by atoms with Crippen molar-refractivity contribution in [2.24, 2.45) is 0 Å². The van der Waals surface area contributed by atoms with Gasteiger partial charge in [0.1, 0.15) is 11.5 Å². The van der Waals surface area contributed by atoms with Gasteiger partial charge in [-0.2, -0.15) is 0 Å². The number of halogens is 2. The predicted octanol–water partition coefficient (Wildman–Crippen LogP) is 2.11. The smallest absolute Gasteiger partial charge is 0.355 e. The lowest BCUT2D eigenvalue weighted by Crippen LogP contribution is -2.41. The van der Waals surface area contributed by atoms with Crippen molar-refractivity contribution in [3.05, 3.63) is 61.8 Å². The molecule has 9 heteroatoms. The van der Waals surface area contributed by atoms with E-state index in [2.05, 4.69) is 0 Å². The molecule has 0 saturated carbocycles. The maximum absolute atomic E-state index is 13.4. The zero-order valence-corrected chi connectivity index (χ0v) is 15.5. The van der Waals surface area contributed by atoms with Crippen molar-refractivity contribution in [2.75, 3.05) is 13.2 Å². The van der Waals surface area contributed by atoms with E-state index in [4.69, 9.17) is 16.3 Å². The molecule has 146 valence electrons. The number of carbonyl (C=O) groups excluding carboxylic acids is 2. The van der Waals surface area contributed by atoms with Crippen LogP contribution in [0.2, 0.25) is 5.02 Å². The second kappa shape index (κ2) is 6.94. The van der Waals surface area contributed by atoms with E-state index < -0.39 is 29.0 Å². The SMILES string of the molecule is O=C1OCCCn2c1c1c(c(O)c2=O)C(=O)N(Cc2ccc(F)c(Cl)c2)CC1. The van der Waals surface area contributed by atoms with E-state index in [1.54, 1.807) is 0 Å². The third kappa shape index (κ3) is 2.93. The molecule has 0 saturated heterocycles. The minimum absolute atomic E-state index is 0.0353. The first-order valence-corrected chi connectivity index (χ1v) is 9.15. The Hall–Kier alpha value is -2.87. The number of aromatic hydroxyl groups is 1. The molecule has 7 nitrogen and oxygen atoms in total. The van der Waals surface area contributed by atoms with Crippen LogP contribution in [0.25, 0.3) is 0 Å². The van der Waals surface area contributed by atoms with Crippen LogP contribution in [0, 0.1) is 5.82 Å². The molecule has 0 bridgehead atoms. The quantitative estimate of drug-likeness (QED) is 0.771. The van der Waals surface area contributed by atoms with Gasteiger partial charge in [0.05, 0.1) is 17.2 Å². The lowest BCUT2D eigenvalue weighted by molar-refractivity contribution is 0.0509. The zero-order valence-electron chi connectivity index (χ0n) is 14.7. The summed E-state index contributed by atoms with van der Waals surface area (Å²) < 4.78 is 19.7. The van der Waals surface area contributed by atoms with Crippen LogP contribution in [0.3, 0.4) is 0 Å². The van der Waals surface area contributed by atoms with Gasteiger partial charge in [-0.3, -0.25) is 14.2 Å². The molecule has 3 heterocycles. The fourth-order valence-corrected chi connectivity index (χ4v) is 3.86. The number of hydrogen-bond acceptors (Lipinski definition) is 5. The molecule has 0 aliphatic carbocycles. The maximum atomic E-state index is 13.4. The summed E-state index contributed by atoms with van der Waals surface area (Å²) in [6, 6.07) is 4.13. The zero-order chi connectivity index (χ0) is 20.0. The summed E-state index contributed by atoms with van der Waals surface area (Å²) in [5, 5.41) is 10.3. The molecule has 2 aromatic rings. The Kier molecular flexibility index (Phi) is 4.58. The molecule has 0 spiro atoms. The molecule has 0 unspecified atom stereocenters. The highest BCUT2D eigenvalue weighted by atomic mass is 35.5. The molecule has 0 radical (unpaired) electrons. The number of cyclic esters (lactones) is 1. The number of esters is 1. The predicted molar refractivity (Wildman–Crippen MR) is 97.1 cm³/mol. The van der Waals surface area contributed by atoms with E-state index in [1.807, 2.05) is 0 Å². The Balaban J connectivity index is 1.76. The molecule has 1 N–H and O–H groups in total. The van der Waals surface area contributed by atoms with E-state index in [9.17, 15) is 23.9 Å². The average Bonchev–Trinajstić information content (AvgIpc) is 2.86. The van der Waals surface area contributed by atoms with Crippen molar-refractivity contribution in [1.29, 1.82) is 0 Å². The summed E-state index contributed by atoms with van der Waals surface area (Å²) in [6.07, 6.45) is 0.719. The van der Waals surface area contributed by atoms with Gasteiger partial charge in [0.15, 0.2) is 5.75 Å². The van der Waals surface area contributed by atoms with E-state index in [-0.39, 0.29) is 48.9 Å². The van der Waals surface area contributed by atoms with Gasteiger partial charge in [0.2, 0.25) is 0 Å². The van der Waals surface area contributed by atoms with Crippen molar-refractivity contribution in [2.45, 2.75) is 25.9 Å². The van der Waals surface area contributed by atoms with Crippen LogP contribution in [0.4, 0.5) is 4.39 Å². The van der Waals surface area contributed by atoms with Gasteiger partial charge >= 0.3 is 5.97 Å². The number of benzene rings is 1. The lowest BCUT2D eigenvalue weighted by atomic mass is 9.95. The van der Waals surface area contributed by atoms with Crippen molar-refractivity contribution in [3.63, 3.8) is 0 Å². The first-order chi connectivity index (χ1) is 13.4. The molecule has 28 heavy (non-hydrogen) atoms. The normalized spacial score (nSPS) is 16.3. The van der Waals surface area contributed by atoms with E-state index >= 15 is 0 Å². The maximum Gasteiger partial charge on any atom is 0.355 e. The van der Waals surface area contributed by atoms with Gasteiger partial charge in [-0.05, 0) is 30.5 Å². The molecule has 4 rings (SSSR count). The Morgan fingerprint density at radius 2 is 2.00 bits per heavy atom. The van der Waals surface area contributed by atoms with Gasteiger partial charge in [0.25, 0.3) is 11.5 Å². The van der Waals surface area contributed by atoms with Gasteiger partial charge in [0, 0.05) is 25.2 Å². The fraction of sp³-hybridized carbons (Fsp3) is 0.316. The standard InChI is InChI=1S/C19H16ClFN2O5/c20-12-8-10(2-3-13(12)21)9-22-6-4-11-14(17(22)25)16(24)18(26)23-5-1-7-28-19(27)15(11)23/h2-3,8,24H,1,4-7,9H2. The molecule has 2 aliphatic rings. The van der Waals surface area contributed by atoms with E-state index in [0.717, 1.165) is 0 Å². The molecule has 1 aromatic heterocycles. The number of carbonyl (C=O) groups is 2. The van der Waals surface area contributed by atoms with Crippen LogP contribution in [0.1, 0.15) is 38.4 Å². The van der Waals surface area contributed by atoms with Crippen LogP contribution in [0.5, 0.6) is 5.75 Å². The van der Waals surface area contributed by atoms with Crippen molar-refractivity contribution < 1.29 is 23.8 Å². The number of hydrogen-bond donors (Lipinski definition) is 1. The highest BCUT2D eigenvalue weighted by Crippen LogP contribution is 2.30. The van der Waals surface area contributed by atoms with Crippen LogP contribution < -0.4 is 5.56 Å². The summed E-state index contributed by atoms with van der Waals surface area (Å²) in [6.45, 7) is 0.785. The highest BCUT2D eigenvalue weighted by molar-refractivity contribution is 6.30. The summed E-state index contributed by atoms with van der Waals surface area (Å²) >= 11 is 5.79. The fourth-order valence-electron chi connectivity index (χ4n) is 3.65. The van der Waals surface area contributed by atoms with Crippen LogP contribution in [-0.4, -0.2) is 39.6 Å². The molecule has 1 amide bonds. The van der Waals surface area contributed by atoms with Crippen molar-refractivity contribution in [3.8, 4) is 5.75 Å². The van der Waals surface area contributed by atoms with Crippen LogP contribution >= 0.6 is 11.6 Å². The average molecular weight is 407 g/mol. The Morgan fingerprint density at radius 1 is 1.21 bits per heavy atom. The Bertz CT molecular complexity index is 1070. The number of ether oxygens (including phenoxy) is 1. The summed E-state index contributed by atoms with van der Waals surface area (Å²) in [4.78, 5) is 39.3. The largest absolute Gasteiger partial charge is 0.502 e. The number of pyridine rings is 1. The number of nitrogens with zero attached hydrogens (tertiary/aromatic N) is 2. The number of aromatic nitrogens is 1. The summed E-state index contributed by atoms with van der Waals surface area (Å²) in [5.41, 5.74) is 0.00582. The van der Waals surface area contributed by atoms with E-state index in [1.165, 1.54) is 27.7 Å². The molecular formula is C19H16ClFN2O5. The lowest BCUT2D eigenvalue weighted by Gasteiger charge is -2.30. The second-order valence-corrected chi connectivity index (χ2v) is 7.13. The minimum atomic E-state index is -0.785. The van der Waals surface area contributed by atoms with Gasteiger partial charge < -0.3 is 14.7 Å². The monoisotopic (exact) mass is 406 g/mol. The van der Waals surface area contributed by atoms with Crippen LogP contribution in [0.15, 0.2) is 23.0 Å². The number of rotatable bonds is 2. The van der Waals surface area contributed by atoms with Crippen molar-refractivity contribution >= 4 is 23.5 Å². The topological polar surface area (TPSA) is 88.8 Å². The first kappa shape index (κ1) is 18.5. The van der Waals surface area contributed by atoms with Gasteiger partial charge in [-0.15, -0.1) is 0 Å². The second-order valence-electron chi connectivity index (χ2n) is 6.72. The number of amides is 1. The minimum Gasteiger partial charge on any atom is -0.502 e. The molecule has 2 aliphatic heterocycles.